The van der Waals surface area contributed by atoms with E-state index in [9.17, 15) is 14.7 Å². The standard InChI is InChI=1S/C20H23NO6/c1-12-5-6-14(10-17(12)26-3)20(24)21-15(11-19(22)23)13-7-8-16(25-2)18(9-13)27-4/h5-10,15H,11H2,1-4H3,(H,21,24)(H,22,23). The summed E-state index contributed by atoms with van der Waals surface area (Å²) in [6.45, 7) is 1.87. The van der Waals surface area contributed by atoms with Gasteiger partial charge in [0, 0.05) is 5.56 Å². The lowest BCUT2D eigenvalue weighted by atomic mass is 10.0. The predicted octanol–water partition coefficient (Wildman–Crippen LogP) is 2.97. The van der Waals surface area contributed by atoms with Gasteiger partial charge in [-0.05, 0) is 42.3 Å². The van der Waals surface area contributed by atoms with Crippen molar-refractivity contribution in [3.05, 3.63) is 53.1 Å². The maximum atomic E-state index is 12.7. The molecule has 1 atom stereocenters. The number of ether oxygens (including phenoxy) is 3. The van der Waals surface area contributed by atoms with Crippen LogP contribution in [0.25, 0.3) is 0 Å². The van der Waals surface area contributed by atoms with Gasteiger partial charge in [0.25, 0.3) is 5.91 Å². The molecule has 2 aromatic rings. The normalized spacial score (nSPS) is 11.4. The lowest BCUT2D eigenvalue weighted by Crippen LogP contribution is -2.30. The van der Waals surface area contributed by atoms with Crippen LogP contribution in [0.1, 0.15) is 33.9 Å². The van der Waals surface area contributed by atoms with Crippen molar-refractivity contribution in [2.45, 2.75) is 19.4 Å². The van der Waals surface area contributed by atoms with Gasteiger partial charge in [-0.25, -0.2) is 0 Å². The summed E-state index contributed by atoms with van der Waals surface area (Å²) in [4.78, 5) is 23.9. The van der Waals surface area contributed by atoms with E-state index in [0.717, 1.165) is 5.56 Å². The fraction of sp³-hybridized carbons (Fsp3) is 0.300. The molecule has 0 saturated carbocycles. The van der Waals surface area contributed by atoms with Crippen molar-refractivity contribution in [3.63, 3.8) is 0 Å². The van der Waals surface area contributed by atoms with Crippen molar-refractivity contribution in [2.75, 3.05) is 21.3 Å². The highest BCUT2D eigenvalue weighted by Gasteiger charge is 2.21. The third kappa shape index (κ3) is 4.91. The summed E-state index contributed by atoms with van der Waals surface area (Å²) < 4.78 is 15.7. The lowest BCUT2D eigenvalue weighted by Gasteiger charge is -2.19. The van der Waals surface area contributed by atoms with Gasteiger partial charge in [0.05, 0.1) is 33.8 Å². The number of benzene rings is 2. The third-order valence-electron chi connectivity index (χ3n) is 4.16. The minimum absolute atomic E-state index is 0.274. The molecule has 0 radical (unpaired) electrons. The molecule has 0 fully saturated rings. The van der Waals surface area contributed by atoms with Crippen LogP contribution in [-0.2, 0) is 4.79 Å². The van der Waals surface area contributed by atoms with E-state index in [1.165, 1.54) is 21.3 Å². The first kappa shape index (κ1) is 20.1. The Labute approximate surface area is 157 Å². The van der Waals surface area contributed by atoms with Crippen LogP contribution in [-0.4, -0.2) is 38.3 Å². The number of hydrogen-bond acceptors (Lipinski definition) is 5. The Morgan fingerprint density at radius 2 is 1.63 bits per heavy atom. The SMILES string of the molecule is COc1cc(C(=O)NC(CC(=O)O)c2ccc(OC)c(OC)c2)ccc1C. The second-order valence-electron chi connectivity index (χ2n) is 5.92. The molecule has 0 aromatic heterocycles. The topological polar surface area (TPSA) is 94.1 Å². The smallest absolute Gasteiger partial charge is 0.305 e. The average Bonchev–Trinajstić information content (AvgIpc) is 2.66. The van der Waals surface area contributed by atoms with Gasteiger partial charge in [-0.1, -0.05) is 12.1 Å². The molecule has 0 aliphatic carbocycles. The van der Waals surface area contributed by atoms with E-state index in [4.69, 9.17) is 14.2 Å². The number of carboxylic acids is 1. The van der Waals surface area contributed by atoms with Gasteiger partial charge < -0.3 is 24.6 Å². The van der Waals surface area contributed by atoms with E-state index in [0.29, 0.717) is 28.4 Å². The van der Waals surface area contributed by atoms with E-state index >= 15 is 0 Å². The molecule has 2 N–H and O–H groups in total. The average molecular weight is 373 g/mol. The van der Waals surface area contributed by atoms with Crippen LogP contribution in [0.3, 0.4) is 0 Å². The number of methoxy groups -OCH3 is 3. The highest BCUT2D eigenvalue weighted by atomic mass is 16.5. The second kappa shape index (κ2) is 8.93. The Morgan fingerprint density at radius 3 is 2.22 bits per heavy atom. The number of hydrogen-bond donors (Lipinski definition) is 2. The predicted molar refractivity (Wildman–Crippen MR) is 99.7 cm³/mol. The maximum absolute atomic E-state index is 12.7. The monoisotopic (exact) mass is 373 g/mol. The van der Waals surface area contributed by atoms with Crippen LogP contribution in [0.2, 0.25) is 0 Å². The van der Waals surface area contributed by atoms with Crippen molar-refractivity contribution in [1.29, 1.82) is 0 Å². The number of aryl methyl sites for hydroxylation is 1. The molecule has 1 unspecified atom stereocenters. The van der Waals surface area contributed by atoms with Crippen LogP contribution in [0.15, 0.2) is 36.4 Å². The largest absolute Gasteiger partial charge is 0.496 e. The molecule has 0 heterocycles. The zero-order valence-electron chi connectivity index (χ0n) is 15.7. The molecule has 2 rings (SSSR count). The molecule has 7 nitrogen and oxygen atoms in total. The molecule has 27 heavy (non-hydrogen) atoms. The Hall–Kier alpha value is -3.22. The number of nitrogens with one attached hydrogen (secondary N) is 1. The minimum Gasteiger partial charge on any atom is -0.496 e. The highest BCUT2D eigenvalue weighted by Crippen LogP contribution is 2.31. The summed E-state index contributed by atoms with van der Waals surface area (Å²) in [5.74, 6) is 0.135. The summed E-state index contributed by atoms with van der Waals surface area (Å²) in [5.41, 5.74) is 1.88. The number of carbonyl (C=O) groups is 2. The zero-order valence-corrected chi connectivity index (χ0v) is 15.7. The van der Waals surface area contributed by atoms with E-state index in [-0.39, 0.29) is 6.42 Å². The van der Waals surface area contributed by atoms with Crippen LogP contribution in [0.4, 0.5) is 0 Å². The molecule has 1 amide bonds. The molecular weight excluding hydrogens is 350 g/mol. The van der Waals surface area contributed by atoms with Gasteiger partial charge in [0.1, 0.15) is 5.75 Å². The second-order valence-corrected chi connectivity index (χ2v) is 5.92. The molecule has 144 valence electrons. The van der Waals surface area contributed by atoms with Gasteiger partial charge in [0.15, 0.2) is 11.5 Å². The first-order valence-electron chi connectivity index (χ1n) is 8.28. The highest BCUT2D eigenvalue weighted by molar-refractivity contribution is 5.95. The van der Waals surface area contributed by atoms with Crippen molar-refractivity contribution < 1.29 is 28.9 Å². The molecular formula is C20H23NO6. The molecule has 7 heteroatoms. The summed E-state index contributed by atoms with van der Waals surface area (Å²) >= 11 is 0. The maximum Gasteiger partial charge on any atom is 0.305 e. The number of rotatable bonds is 8. The fourth-order valence-corrected chi connectivity index (χ4v) is 2.70. The first-order valence-corrected chi connectivity index (χ1v) is 8.28. The molecule has 0 saturated heterocycles. The third-order valence-corrected chi connectivity index (χ3v) is 4.16. The van der Waals surface area contributed by atoms with Crippen LogP contribution in [0.5, 0.6) is 17.2 Å². The molecule has 0 aliphatic heterocycles. The number of carboxylic acid groups (broad SMARTS) is 1. The van der Waals surface area contributed by atoms with Crippen molar-refractivity contribution in [3.8, 4) is 17.2 Å². The Balaban J connectivity index is 2.31. The van der Waals surface area contributed by atoms with E-state index in [2.05, 4.69) is 5.32 Å². The van der Waals surface area contributed by atoms with E-state index in [1.54, 1.807) is 36.4 Å². The summed E-state index contributed by atoms with van der Waals surface area (Å²) in [5, 5.41) is 12.0. The van der Waals surface area contributed by atoms with Crippen molar-refractivity contribution >= 4 is 11.9 Å². The molecule has 0 aliphatic rings. The molecule has 0 bridgehead atoms. The van der Waals surface area contributed by atoms with Gasteiger partial charge in [0.2, 0.25) is 0 Å². The number of carbonyl (C=O) groups excluding carboxylic acids is 1. The van der Waals surface area contributed by atoms with Gasteiger partial charge >= 0.3 is 5.97 Å². The molecule has 0 spiro atoms. The Bertz CT molecular complexity index is 833. The number of aliphatic carboxylic acids is 1. The van der Waals surface area contributed by atoms with Crippen molar-refractivity contribution in [1.82, 2.24) is 5.32 Å². The summed E-state index contributed by atoms with van der Waals surface area (Å²) in [6.07, 6.45) is -0.274. The summed E-state index contributed by atoms with van der Waals surface area (Å²) in [6, 6.07) is 9.35. The Kier molecular flexibility index (Phi) is 6.65. The van der Waals surface area contributed by atoms with E-state index in [1.807, 2.05) is 6.92 Å². The lowest BCUT2D eigenvalue weighted by molar-refractivity contribution is -0.137. The van der Waals surface area contributed by atoms with Gasteiger partial charge in [-0.3, -0.25) is 9.59 Å². The van der Waals surface area contributed by atoms with Gasteiger partial charge in [-0.15, -0.1) is 0 Å². The zero-order chi connectivity index (χ0) is 20.0. The van der Waals surface area contributed by atoms with Crippen molar-refractivity contribution in [2.24, 2.45) is 0 Å². The van der Waals surface area contributed by atoms with Crippen LogP contribution < -0.4 is 19.5 Å². The fourth-order valence-electron chi connectivity index (χ4n) is 2.70. The van der Waals surface area contributed by atoms with E-state index < -0.39 is 17.9 Å². The summed E-state index contributed by atoms with van der Waals surface area (Å²) in [7, 11) is 4.53. The quantitative estimate of drug-likeness (QED) is 0.739. The van der Waals surface area contributed by atoms with Crippen LogP contribution >= 0.6 is 0 Å². The first-order chi connectivity index (χ1) is 12.9. The molecule has 2 aromatic carbocycles. The minimum atomic E-state index is -1.03. The Morgan fingerprint density at radius 1 is 0.963 bits per heavy atom. The van der Waals surface area contributed by atoms with Gasteiger partial charge in [-0.2, -0.15) is 0 Å². The number of amides is 1. The van der Waals surface area contributed by atoms with Crippen LogP contribution in [0, 0.1) is 6.92 Å².